The van der Waals surface area contributed by atoms with Gasteiger partial charge in [-0.15, -0.1) is 0 Å². The molecule has 0 aromatic carbocycles. The van der Waals surface area contributed by atoms with Gasteiger partial charge in [0.1, 0.15) is 0 Å². The molecule has 0 aromatic rings. The van der Waals surface area contributed by atoms with Crippen LogP contribution in [0.25, 0.3) is 0 Å². The summed E-state index contributed by atoms with van der Waals surface area (Å²) in [7, 11) is 0. The largest absolute Gasteiger partial charge is 0.377 e. The van der Waals surface area contributed by atoms with Crippen LogP contribution in [-0.2, 0) is 4.74 Å². The van der Waals surface area contributed by atoms with E-state index in [4.69, 9.17) is 4.74 Å². The van der Waals surface area contributed by atoms with Crippen LogP contribution in [0.4, 0.5) is 0 Å². The summed E-state index contributed by atoms with van der Waals surface area (Å²) in [5, 5.41) is 3.60. The fourth-order valence-electron chi connectivity index (χ4n) is 3.08. The highest BCUT2D eigenvalue weighted by Gasteiger charge is 2.31. The Morgan fingerprint density at radius 3 is 2.81 bits per heavy atom. The summed E-state index contributed by atoms with van der Waals surface area (Å²) >= 11 is 0. The quantitative estimate of drug-likeness (QED) is 0.771. The lowest BCUT2D eigenvalue weighted by Crippen LogP contribution is -2.46. The smallest absolute Gasteiger partial charge is 0.0703 e. The average molecular weight is 226 g/mol. The van der Waals surface area contributed by atoms with Crippen molar-refractivity contribution in [3.05, 3.63) is 0 Å². The van der Waals surface area contributed by atoms with Crippen LogP contribution in [-0.4, -0.2) is 49.3 Å². The molecule has 3 heteroatoms. The van der Waals surface area contributed by atoms with E-state index in [2.05, 4.69) is 24.1 Å². The Balaban J connectivity index is 1.87. The van der Waals surface area contributed by atoms with Crippen LogP contribution in [0.5, 0.6) is 0 Å². The maximum atomic E-state index is 5.70. The van der Waals surface area contributed by atoms with Crippen molar-refractivity contribution in [2.24, 2.45) is 0 Å². The van der Waals surface area contributed by atoms with E-state index in [0.717, 1.165) is 12.6 Å². The van der Waals surface area contributed by atoms with E-state index in [1.165, 1.54) is 45.3 Å². The van der Waals surface area contributed by atoms with Crippen LogP contribution in [0.2, 0.25) is 0 Å². The van der Waals surface area contributed by atoms with Gasteiger partial charge < -0.3 is 10.1 Å². The molecule has 0 saturated carbocycles. The van der Waals surface area contributed by atoms with Gasteiger partial charge in [0.25, 0.3) is 0 Å². The molecule has 3 nitrogen and oxygen atoms in total. The molecule has 2 saturated heterocycles. The van der Waals surface area contributed by atoms with Crippen LogP contribution >= 0.6 is 0 Å². The summed E-state index contributed by atoms with van der Waals surface area (Å²) in [5.74, 6) is 0. The van der Waals surface area contributed by atoms with Crippen molar-refractivity contribution in [2.45, 2.75) is 57.7 Å². The molecule has 1 N–H and O–H groups in total. The van der Waals surface area contributed by atoms with Gasteiger partial charge in [-0.25, -0.2) is 0 Å². The fraction of sp³-hybridized carbons (Fsp3) is 1.00. The predicted octanol–water partition coefficient (Wildman–Crippen LogP) is 1.63. The third kappa shape index (κ3) is 2.96. The van der Waals surface area contributed by atoms with Crippen LogP contribution in [0.15, 0.2) is 0 Å². The highest BCUT2D eigenvalue weighted by atomic mass is 16.5. The summed E-state index contributed by atoms with van der Waals surface area (Å²) in [6, 6.07) is 1.38. The van der Waals surface area contributed by atoms with E-state index >= 15 is 0 Å². The molecule has 0 spiro atoms. The number of ether oxygens (including phenoxy) is 1. The van der Waals surface area contributed by atoms with Crippen LogP contribution in [0.3, 0.4) is 0 Å². The first-order chi connectivity index (χ1) is 7.81. The maximum Gasteiger partial charge on any atom is 0.0703 e. The van der Waals surface area contributed by atoms with E-state index in [9.17, 15) is 0 Å². The van der Waals surface area contributed by atoms with Gasteiger partial charge in [-0.1, -0.05) is 6.92 Å². The zero-order valence-corrected chi connectivity index (χ0v) is 10.7. The number of hydrogen-bond acceptors (Lipinski definition) is 3. The Kier molecular flexibility index (Phi) is 4.62. The number of hydrogen-bond donors (Lipinski definition) is 1. The van der Waals surface area contributed by atoms with E-state index in [0.29, 0.717) is 12.1 Å². The highest BCUT2D eigenvalue weighted by Crippen LogP contribution is 2.21. The van der Waals surface area contributed by atoms with Gasteiger partial charge in [0.05, 0.1) is 6.10 Å². The molecule has 0 radical (unpaired) electrons. The first kappa shape index (κ1) is 12.3. The predicted molar refractivity (Wildman–Crippen MR) is 66.7 cm³/mol. The first-order valence-electron chi connectivity index (χ1n) is 6.90. The van der Waals surface area contributed by atoms with E-state index in [1.807, 2.05) is 0 Å². The lowest BCUT2D eigenvalue weighted by Gasteiger charge is -2.32. The molecule has 0 amide bonds. The van der Waals surface area contributed by atoms with Crippen molar-refractivity contribution in [1.29, 1.82) is 0 Å². The molecule has 2 aliphatic rings. The standard InChI is InChI=1S/C13H26N2O/c1-3-8-15(10-12-5-4-7-14-12)13-6-9-16-11(13)2/h11-14H,3-10H2,1-2H3. The van der Waals surface area contributed by atoms with Crippen molar-refractivity contribution in [3.63, 3.8) is 0 Å². The lowest BCUT2D eigenvalue weighted by atomic mass is 10.1. The van der Waals surface area contributed by atoms with Gasteiger partial charge in [0.2, 0.25) is 0 Å². The molecule has 94 valence electrons. The van der Waals surface area contributed by atoms with Crippen LogP contribution in [0, 0.1) is 0 Å². The average Bonchev–Trinajstić information content (AvgIpc) is 2.88. The third-order valence-corrected chi connectivity index (χ3v) is 3.93. The molecule has 2 rings (SSSR count). The van der Waals surface area contributed by atoms with Crippen molar-refractivity contribution < 1.29 is 4.74 Å². The molecule has 2 heterocycles. The zero-order chi connectivity index (χ0) is 11.4. The normalized spacial score (nSPS) is 35.1. The van der Waals surface area contributed by atoms with Crippen molar-refractivity contribution in [3.8, 4) is 0 Å². The summed E-state index contributed by atoms with van der Waals surface area (Å²) < 4.78 is 5.70. The molecule has 0 bridgehead atoms. The topological polar surface area (TPSA) is 24.5 Å². The van der Waals surface area contributed by atoms with E-state index < -0.39 is 0 Å². The van der Waals surface area contributed by atoms with Gasteiger partial charge in [-0.3, -0.25) is 4.90 Å². The zero-order valence-electron chi connectivity index (χ0n) is 10.7. The second kappa shape index (κ2) is 5.99. The Hall–Kier alpha value is -0.120. The van der Waals surface area contributed by atoms with Crippen LogP contribution < -0.4 is 5.32 Å². The van der Waals surface area contributed by atoms with Crippen molar-refractivity contribution in [1.82, 2.24) is 10.2 Å². The van der Waals surface area contributed by atoms with Gasteiger partial charge in [-0.2, -0.15) is 0 Å². The van der Waals surface area contributed by atoms with Gasteiger partial charge in [0.15, 0.2) is 0 Å². The number of nitrogens with zero attached hydrogens (tertiary/aromatic N) is 1. The summed E-state index contributed by atoms with van der Waals surface area (Å²) in [6.45, 7) is 9.09. The fourth-order valence-corrected chi connectivity index (χ4v) is 3.08. The Bertz CT molecular complexity index is 204. The molecule has 2 aliphatic heterocycles. The molecule has 3 unspecified atom stereocenters. The summed E-state index contributed by atoms with van der Waals surface area (Å²) in [4.78, 5) is 2.65. The number of nitrogens with one attached hydrogen (secondary N) is 1. The van der Waals surface area contributed by atoms with E-state index in [1.54, 1.807) is 0 Å². The molecule has 3 atom stereocenters. The van der Waals surface area contributed by atoms with Crippen LogP contribution in [0.1, 0.15) is 39.5 Å². The third-order valence-electron chi connectivity index (χ3n) is 3.93. The maximum absolute atomic E-state index is 5.70. The number of rotatable bonds is 5. The molecule has 2 fully saturated rings. The first-order valence-corrected chi connectivity index (χ1v) is 6.90. The van der Waals surface area contributed by atoms with Crippen molar-refractivity contribution in [2.75, 3.05) is 26.2 Å². The second-order valence-corrected chi connectivity index (χ2v) is 5.22. The monoisotopic (exact) mass is 226 g/mol. The van der Waals surface area contributed by atoms with E-state index in [-0.39, 0.29) is 0 Å². The minimum Gasteiger partial charge on any atom is -0.377 e. The summed E-state index contributed by atoms with van der Waals surface area (Å²) in [5.41, 5.74) is 0. The van der Waals surface area contributed by atoms with Crippen molar-refractivity contribution >= 4 is 0 Å². The molecule has 0 aromatic heterocycles. The highest BCUT2D eigenvalue weighted by molar-refractivity contribution is 4.86. The molecular weight excluding hydrogens is 200 g/mol. The second-order valence-electron chi connectivity index (χ2n) is 5.22. The Labute approximate surface area is 99.5 Å². The summed E-state index contributed by atoms with van der Waals surface area (Å²) in [6.07, 6.45) is 5.58. The van der Waals surface area contributed by atoms with Gasteiger partial charge in [0, 0.05) is 25.2 Å². The molecule has 16 heavy (non-hydrogen) atoms. The SMILES string of the molecule is CCCN(CC1CCCN1)C1CCOC1C. The minimum absolute atomic E-state index is 0.424. The Morgan fingerprint density at radius 2 is 2.25 bits per heavy atom. The lowest BCUT2D eigenvalue weighted by molar-refractivity contribution is 0.0704. The Morgan fingerprint density at radius 1 is 1.38 bits per heavy atom. The minimum atomic E-state index is 0.424. The van der Waals surface area contributed by atoms with Gasteiger partial charge >= 0.3 is 0 Å². The molecular formula is C13H26N2O. The van der Waals surface area contributed by atoms with Gasteiger partial charge in [-0.05, 0) is 45.7 Å². The molecule has 0 aliphatic carbocycles.